The molecule has 0 spiro atoms. The molecule has 1 saturated carbocycles. The molecule has 7 atom stereocenters. The minimum absolute atomic E-state index is 0.0266. The lowest BCUT2D eigenvalue weighted by Crippen LogP contribution is -2.55. The van der Waals surface area contributed by atoms with Crippen molar-refractivity contribution in [1.82, 2.24) is 14.9 Å². The highest BCUT2D eigenvalue weighted by Crippen LogP contribution is 2.40. The fourth-order valence-electron chi connectivity index (χ4n) is 5.98. The monoisotopic (exact) mass is 695 g/mol. The van der Waals surface area contributed by atoms with Crippen LogP contribution in [0.25, 0.3) is 0 Å². The predicted molar refractivity (Wildman–Crippen MR) is 165 cm³/mol. The lowest BCUT2D eigenvalue weighted by Gasteiger charge is -2.31. The van der Waals surface area contributed by atoms with E-state index in [4.69, 9.17) is 32.7 Å². The number of β-amino-alcohol motifs (C(OH)–C–C–N with tert-alkyl or cyclic N) is 1. The van der Waals surface area contributed by atoms with E-state index in [0.717, 1.165) is 12.8 Å². The molecule has 3 aliphatic rings. The molecule has 1 aliphatic heterocycles. The average molecular weight is 697 g/mol. The highest BCUT2D eigenvalue weighted by molar-refractivity contribution is 7.89. The van der Waals surface area contributed by atoms with Crippen molar-refractivity contribution >= 4 is 39.1 Å². The molecule has 1 aromatic carbocycles. The molecule has 1 aromatic rings. The third-order valence-electron chi connectivity index (χ3n) is 8.42. The van der Waals surface area contributed by atoms with Crippen LogP contribution in [-0.2, 0) is 30.7 Å². The Morgan fingerprint density at radius 1 is 1.16 bits per heavy atom. The molecule has 2 aliphatic carbocycles. The van der Waals surface area contributed by atoms with Gasteiger partial charge < -0.3 is 25.2 Å². The van der Waals surface area contributed by atoms with Gasteiger partial charge >= 0.3 is 6.18 Å². The van der Waals surface area contributed by atoms with Gasteiger partial charge in [-0.05, 0) is 55.2 Å². The van der Waals surface area contributed by atoms with E-state index in [9.17, 15) is 31.5 Å². The van der Waals surface area contributed by atoms with Crippen LogP contribution >= 0.6 is 23.2 Å². The molecule has 0 radical (unpaired) electrons. The van der Waals surface area contributed by atoms with Crippen LogP contribution in [-0.4, -0.2) is 93.3 Å². The summed E-state index contributed by atoms with van der Waals surface area (Å²) in [6, 6.07) is 2.39. The summed E-state index contributed by atoms with van der Waals surface area (Å²) in [6.07, 6.45) is 2.20. The first-order chi connectivity index (χ1) is 21.2. The number of rotatable bonds is 7. The largest absolute Gasteiger partial charge is 0.497 e. The van der Waals surface area contributed by atoms with E-state index < -0.39 is 52.5 Å². The Hall–Kier alpha value is -2.13. The van der Waals surface area contributed by atoms with E-state index in [2.05, 4.69) is 10.6 Å². The number of sulfonamides is 1. The minimum Gasteiger partial charge on any atom is -0.497 e. The van der Waals surface area contributed by atoms with E-state index >= 15 is 0 Å². The number of allylic oxidation sites excluding steroid dienone is 1. The number of amides is 1. The molecule has 0 saturated heterocycles. The highest BCUT2D eigenvalue weighted by Gasteiger charge is 2.43. The second-order valence-electron chi connectivity index (χ2n) is 11.5. The number of halogens is 5. The molecule has 0 aromatic heterocycles. The lowest BCUT2D eigenvalue weighted by atomic mass is 9.88. The highest BCUT2D eigenvalue weighted by atomic mass is 35.5. The summed E-state index contributed by atoms with van der Waals surface area (Å²) in [4.78, 5) is 13.7. The third-order valence-corrected chi connectivity index (χ3v) is 10.7. The number of aliphatic hydroxyl groups is 1. The van der Waals surface area contributed by atoms with E-state index in [1.165, 1.54) is 6.07 Å². The van der Waals surface area contributed by atoms with Crippen LogP contribution < -0.4 is 10.6 Å². The number of likely N-dealkylation sites (N-methyl/N-ethyl adjacent to an activating group) is 1. The molecule has 2 bridgehead atoms. The molecular formula is C30H38Cl2F3N3O6S. The zero-order valence-electron chi connectivity index (χ0n) is 24.8. The van der Waals surface area contributed by atoms with Gasteiger partial charge in [0.25, 0.3) is 0 Å². The number of hydrogen-bond acceptors (Lipinski definition) is 7. The van der Waals surface area contributed by atoms with E-state index in [0.29, 0.717) is 26.3 Å². The van der Waals surface area contributed by atoms with Crippen LogP contribution in [0.1, 0.15) is 24.8 Å². The normalized spacial score (nSPS) is 29.8. The fourth-order valence-corrected chi connectivity index (χ4v) is 7.90. The Labute approximate surface area is 271 Å². The van der Waals surface area contributed by atoms with Crippen LogP contribution in [0.15, 0.2) is 54.3 Å². The smallest absolute Gasteiger partial charge is 0.390 e. The second-order valence-corrected chi connectivity index (χ2v) is 14.5. The van der Waals surface area contributed by atoms with E-state index in [-0.39, 0.29) is 50.0 Å². The maximum absolute atomic E-state index is 13.7. The second kappa shape index (κ2) is 15.2. The van der Waals surface area contributed by atoms with Crippen LogP contribution in [0, 0.1) is 11.8 Å². The number of carbonyl (C=O) groups excluding carboxylic acids is 1. The van der Waals surface area contributed by atoms with Crippen molar-refractivity contribution in [3.63, 3.8) is 0 Å². The molecule has 1 fully saturated rings. The zero-order valence-corrected chi connectivity index (χ0v) is 27.2. The molecule has 45 heavy (non-hydrogen) atoms. The van der Waals surface area contributed by atoms with E-state index in [1.54, 1.807) is 31.4 Å². The first-order valence-corrected chi connectivity index (χ1v) is 16.9. The van der Waals surface area contributed by atoms with Crippen LogP contribution in [0.5, 0.6) is 0 Å². The van der Waals surface area contributed by atoms with Crippen molar-refractivity contribution < 1.29 is 41.0 Å². The van der Waals surface area contributed by atoms with Gasteiger partial charge in [-0.1, -0.05) is 41.4 Å². The number of nitrogens with zero attached hydrogens (tertiary/aromatic N) is 1. The molecule has 15 heteroatoms. The number of ether oxygens (including phenoxy) is 2. The first-order valence-electron chi connectivity index (χ1n) is 14.6. The van der Waals surface area contributed by atoms with Gasteiger partial charge in [0.15, 0.2) is 0 Å². The van der Waals surface area contributed by atoms with Crippen molar-refractivity contribution in [2.75, 3.05) is 33.1 Å². The van der Waals surface area contributed by atoms with E-state index in [1.807, 2.05) is 18.2 Å². The van der Waals surface area contributed by atoms with Gasteiger partial charge in [0.05, 0.1) is 44.1 Å². The van der Waals surface area contributed by atoms with Gasteiger partial charge in [0.1, 0.15) is 11.8 Å². The summed E-state index contributed by atoms with van der Waals surface area (Å²) in [5.74, 6) is -1.20. The predicted octanol–water partition coefficient (Wildman–Crippen LogP) is 4.00. The summed E-state index contributed by atoms with van der Waals surface area (Å²) in [7, 11) is -1.81. The maximum atomic E-state index is 13.7. The minimum atomic E-state index is -4.69. The van der Waals surface area contributed by atoms with Crippen molar-refractivity contribution in [3.05, 3.63) is 69.9 Å². The summed E-state index contributed by atoms with van der Waals surface area (Å²) in [6.45, 7) is 0.233. The summed E-state index contributed by atoms with van der Waals surface area (Å²) >= 11 is 12.4. The lowest BCUT2D eigenvalue weighted by molar-refractivity contribution is -0.130. The zero-order chi connectivity index (χ0) is 32.9. The van der Waals surface area contributed by atoms with Crippen LogP contribution in [0.4, 0.5) is 13.2 Å². The average Bonchev–Trinajstić information content (AvgIpc) is 3.31. The number of alkyl halides is 3. The number of aliphatic hydroxyl groups excluding tert-OH is 1. The molecule has 3 unspecified atom stereocenters. The van der Waals surface area contributed by atoms with Gasteiger partial charge in [-0.2, -0.15) is 17.5 Å². The molecule has 1 heterocycles. The molecule has 250 valence electrons. The Morgan fingerprint density at radius 3 is 2.53 bits per heavy atom. The topological polar surface area (TPSA) is 117 Å². The van der Waals surface area contributed by atoms with Crippen LogP contribution in [0.2, 0.25) is 10.0 Å². The summed E-state index contributed by atoms with van der Waals surface area (Å²) < 4.78 is 76.7. The SMILES string of the molecule is COC1=CC2C(C=C1)[C@H]1C[C@@H]2NC[C@@H](O)[C@H](Cc2cc(Cl)cc(Cl)c2)NC(=O)C(N(C)S(=O)(=O)CCC(F)(F)F)CC=CCO1. The van der Waals surface area contributed by atoms with Crippen molar-refractivity contribution in [3.8, 4) is 0 Å². The number of carbonyl (C=O) groups is 1. The number of benzene rings is 1. The third kappa shape index (κ3) is 9.69. The van der Waals surface area contributed by atoms with Crippen molar-refractivity contribution in [2.24, 2.45) is 11.8 Å². The van der Waals surface area contributed by atoms with Gasteiger partial charge in [-0.25, -0.2) is 8.42 Å². The Morgan fingerprint density at radius 2 is 1.87 bits per heavy atom. The number of nitrogens with one attached hydrogen (secondary N) is 2. The molecule has 1 amide bonds. The van der Waals surface area contributed by atoms with Crippen molar-refractivity contribution in [2.45, 2.75) is 62.2 Å². The summed E-state index contributed by atoms with van der Waals surface area (Å²) in [5, 5.41) is 18.3. The molecule has 3 N–H and O–H groups in total. The molecule has 4 rings (SSSR count). The molecular weight excluding hydrogens is 658 g/mol. The van der Waals surface area contributed by atoms with Crippen LogP contribution in [0.3, 0.4) is 0 Å². The molecule has 9 nitrogen and oxygen atoms in total. The standard InChI is InChI=1S/C30H38Cl2F3N3O6S/c1-38(45(41,42)10-8-30(33,34)35)26-5-3-4-9-44-28-16-24(23-15-21(43-2)6-7-22(23)28)36-17-27(39)25(37-29(26)40)13-18-11-19(31)14-20(32)12-18/h3-4,6-7,11-12,14-15,22-28,36,39H,5,8-10,13,16-17H2,1-2H3,(H,37,40)/t22?,23?,24-,25-,26?,27+,28+/m0/s1. The quantitative estimate of drug-likeness (QED) is 0.369. The summed E-state index contributed by atoms with van der Waals surface area (Å²) in [5.41, 5.74) is 0.608. The Kier molecular flexibility index (Phi) is 12.1. The number of fused-ring (bicyclic) bond motifs is 5. The fraction of sp³-hybridized carbons (Fsp3) is 0.567. The van der Waals surface area contributed by atoms with Gasteiger partial charge in [0.2, 0.25) is 15.9 Å². The Bertz CT molecular complexity index is 1390. The van der Waals surface area contributed by atoms with Crippen molar-refractivity contribution in [1.29, 1.82) is 0 Å². The Balaban J connectivity index is 1.64. The van der Waals surface area contributed by atoms with Gasteiger partial charge in [-0.15, -0.1) is 0 Å². The van der Waals surface area contributed by atoms with Gasteiger partial charge in [-0.3, -0.25) is 4.79 Å². The van der Waals surface area contributed by atoms with Gasteiger partial charge in [0, 0.05) is 41.5 Å². The maximum Gasteiger partial charge on any atom is 0.390 e. The number of methoxy groups -OCH3 is 1. The first kappa shape index (κ1) is 35.7. The number of hydrogen-bond donors (Lipinski definition) is 3.